The van der Waals surface area contributed by atoms with Crippen LogP contribution < -0.4 is 4.74 Å². The van der Waals surface area contributed by atoms with Crippen molar-refractivity contribution in [2.75, 3.05) is 39.1 Å². The summed E-state index contributed by atoms with van der Waals surface area (Å²) in [5.41, 5.74) is 2.51. The lowest BCUT2D eigenvalue weighted by Gasteiger charge is -2.31. The molecule has 6 nitrogen and oxygen atoms in total. The Hall–Kier alpha value is -1.83. The normalized spacial score (nSPS) is 21.0. The van der Waals surface area contributed by atoms with Gasteiger partial charge in [0.1, 0.15) is 11.6 Å². The molecule has 1 aromatic carbocycles. The third kappa shape index (κ3) is 5.51. The minimum atomic E-state index is 0.321. The molecule has 7 heteroatoms. The number of benzene rings is 1. The molecule has 0 bridgehead atoms. The number of rotatable bonds is 8. The van der Waals surface area contributed by atoms with Crippen LogP contribution in [-0.4, -0.2) is 64.9 Å². The molecule has 0 unspecified atom stereocenters. The summed E-state index contributed by atoms with van der Waals surface area (Å²) in [5, 5.41) is 10.3. The molecular formula is C24H34N4O2S. The highest BCUT2D eigenvalue weighted by Crippen LogP contribution is 2.33. The molecule has 2 fully saturated rings. The van der Waals surface area contributed by atoms with Gasteiger partial charge in [-0.15, -0.1) is 10.2 Å². The van der Waals surface area contributed by atoms with Crippen molar-refractivity contribution in [3.63, 3.8) is 0 Å². The molecule has 168 valence electrons. The molecule has 0 saturated carbocycles. The van der Waals surface area contributed by atoms with E-state index in [0.717, 1.165) is 80.1 Å². The summed E-state index contributed by atoms with van der Waals surface area (Å²) >= 11 is 1.76. The van der Waals surface area contributed by atoms with Gasteiger partial charge in [-0.1, -0.05) is 29.5 Å². The SMILES string of the molecule is C/C=C(\C)CN1CCC(c2nnc(SC[C@H]3CCCO3)n2-c2cccc(OC)c2)CC1. The second kappa shape index (κ2) is 10.7. The number of nitrogens with zero attached hydrogens (tertiary/aromatic N) is 4. The van der Waals surface area contributed by atoms with Gasteiger partial charge < -0.3 is 9.47 Å². The van der Waals surface area contributed by atoms with Crippen LogP contribution in [0.15, 0.2) is 41.1 Å². The molecule has 0 radical (unpaired) electrons. The second-order valence-electron chi connectivity index (χ2n) is 8.51. The van der Waals surface area contributed by atoms with E-state index in [0.29, 0.717) is 12.0 Å². The standard InChI is InChI=1S/C24H34N4O2S/c1-4-18(2)16-27-12-10-19(11-13-27)23-25-26-24(31-17-22-9-6-14-30-22)28(23)20-7-5-8-21(15-20)29-3/h4-5,7-8,15,19,22H,6,9-14,16-17H2,1-3H3/b18-4+/t22-/m1/s1. The minimum Gasteiger partial charge on any atom is -0.497 e. The molecule has 2 aliphatic rings. The van der Waals surface area contributed by atoms with Gasteiger partial charge in [-0.3, -0.25) is 9.47 Å². The maximum atomic E-state index is 5.82. The molecule has 31 heavy (non-hydrogen) atoms. The van der Waals surface area contributed by atoms with Crippen LogP contribution in [0.3, 0.4) is 0 Å². The number of aromatic nitrogens is 3. The van der Waals surface area contributed by atoms with Crippen LogP contribution in [0.2, 0.25) is 0 Å². The van der Waals surface area contributed by atoms with Crippen molar-refractivity contribution >= 4 is 11.8 Å². The predicted molar refractivity (Wildman–Crippen MR) is 125 cm³/mol. The molecule has 2 aromatic rings. The third-order valence-corrected chi connectivity index (χ3v) is 7.37. The Morgan fingerprint density at radius 1 is 1.26 bits per heavy atom. The Balaban J connectivity index is 1.55. The average Bonchev–Trinajstić information content (AvgIpc) is 3.48. The number of allylic oxidation sites excluding steroid dienone is 1. The number of ether oxygens (including phenoxy) is 2. The predicted octanol–water partition coefficient (Wildman–Crippen LogP) is 4.69. The topological polar surface area (TPSA) is 52.4 Å². The molecule has 0 amide bonds. The Morgan fingerprint density at radius 2 is 2.10 bits per heavy atom. The quantitative estimate of drug-likeness (QED) is 0.437. The summed E-state index contributed by atoms with van der Waals surface area (Å²) in [6.45, 7) is 8.47. The molecule has 0 N–H and O–H groups in total. The molecule has 1 atom stereocenters. The van der Waals surface area contributed by atoms with Gasteiger partial charge >= 0.3 is 0 Å². The lowest BCUT2D eigenvalue weighted by molar-refractivity contribution is 0.129. The van der Waals surface area contributed by atoms with Crippen LogP contribution in [0.25, 0.3) is 5.69 Å². The zero-order chi connectivity index (χ0) is 21.6. The van der Waals surface area contributed by atoms with E-state index in [1.807, 2.05) is 12.1 Å². The van der Waals surface area contributed by atoms with Crippen molar-refractivity contribution < 1.29 is 9.47 Å². The Morgan fingerprint density at radius 3 is 2.81 bits per heavy atom. The van der Waals surface area contributed by atoms with Gasteiger partial charge in [-0.05, 0) is 64.8 Å². The maximum Gasteiger partial charge on any atom is 0.195 e. The van der Waals surface area contributed by atoms with E-state index in [1.54, 1.807) is 18.9 Å². The van der Waals surface area contributed by atoms with E-state index in [-0.39, 0.29) is 0 Å². The van der Waals surface area contributed by atoms with Crippen LogP contribution in [-0.2, 0) is 4.74 Å². The van der Waals surface area contributed by atoms with E-state index in [1.165, 1.54) is 5.57 Å². The number of likely N-dealkylation sites (tertiary alicyclic amines) is 1. The number of methoxy groups -OCH3 is 1. The Labute approximate surface area is 190 Å². The first-order valence-electron chi connectivity index (χ1n) is 11.4. The fourth-order valence-electron chi connectivity index (χ4n) is 4.37. The summed E-state index contributed by atoms with van der Waals surface area (Å²) < 4.78 is 13.6. The minimum absolute atomic E-state index is 0.321. The van der Waals surface area contributed by atoms with E-state index in [9.17, 15) is 0 Å². The van der Waals surface area contributed by atoms with Crippen molar-refractivity contribution in [2.45, 2.75) is 56.7 Å². The van der Waals surface area contributed by atoms with Crippen LogP contribution in [0.4, 0.5) is 0 Å². The van der Waals surface area contributed by atoms with Gasteiger partial charge in [0, 0.05) is 30.9 Å². The zero-order valence-corrected chi connectivity index (χ0v) is 19.7. The third-order valence-electron chi connectivity index (χ3n) is 6.31. The van der Waals surface area contributed by atoms with Crippen molar-refractivity contribution in [1.29, 1.82) is 0 Å². The van der Waals surface area contributed by atoms with Crippen LogP contribution in [0.5, 0.6) is 5.75 Å². The van der Waals surface area contributed by atoms with E-state index in [2.05, 4.69) is 46.6 Å². The van der Waals surface area contributed by atoms with Gasteiger partial charge in [0.15, 0.2) is 5.16 Å². The highest BCUT2D eigenvalue weighted by atomic mass is 32.2. The maximum absolute atomic E-state index is 5.82. The monoisotopic (exact) mass is 442 g/mol. The van der Waals surface area contributed by atoms with Gasteiger partial charge in [-0.25, -0.2) is 0 Å². The molecule has 0 aliphatic carbocycles. The van der Waals surface area contributed by atoms with Crippen molar-refractivity contribution in [1.82, 2.24) is 19.7 Å². The lowest BCUT2D eigenvalue weighted by atomic mass is 9.95. The highest BCUT2D eigenvalue weighted by molar-refractivity contribution is 7.99. The van der Waals surface area contributed by atoms with Gasteiger partial charge in [0.25, 0.3) is 0 Å². The summed E-state index contributed by atoms with van der Waals surface area (Å²) in [6, 6.07) is 8.22. The van der Waals surface area contributed by atoms with Gasteiger partial charge in [-0.2, -0.15) is 0 Å². The van der Waals surface area contributed by atoms with Crippen molar-refractivity contribution in [3.05, 3.63) is 41.7 Å². The zero-order valence-electron chi connectivity index (χ0n) is 18.9. The summed E-state index contributed by atoms with van der Waals surface area (Å²) in [7, 11) is 1.71. The largest absolute Gasteiger partial charge is 0.497 e. The fourth-order valence-corrected chi connectivity index (χ4v) is 5.39. The van der Waals surface area contributed by atoms with E-state index in [4.69, 9.17) is 14.6 Å². The summed E-state index contributed by atoms with van der Waals surface area (Å²) in [6.07, 6.45) is 7.04. The summed E-state index contributed by atoms with van der Waals surface area (Å²) in [4.78, 5) is 2.55. The lowest BCUT2D eigenvalue weighted by Crippen LogP contribution is -2.34. The van der Waals surface area contributed by atoms with Gasteiger partial charge in [0.2, 0.25) is 0 Å². The molecule has 0 spiro atoms. The van der Waals surface area contributed by atoms with Crippen LogP contribution in [0, 0.1) is 0 Å². The van der Waals surface area contributed by atoms with Crippen molar-refractivity contribution in [3.8, 4) is 11.4 Å². The molecular weight excluding hydrogens is 408 g/mol. The van der Waals surface area contributed by atoms with Gasteiger partial charge in [0.05, 0.1) is 18.9 Å². The molecule has 1 aromatic heterocycles. The average molecular weight is 443 g/mol. The summed E-state index contributed by atoms with van der Waals surface area (Å²) in [5.74, 6) is 3.26. The fraction of sp³-hybridized carbons (Fsp3) is 0.583. The Kier molecular flexibility index (Phi) is 7.69. The first-order valence-corrected chi connectivity index (χ1v) is 12.3. The van der Waals surface area contributed by atoms with Crippen LogP contribution in [0.1, 0.15) is 51.3 Å². The smallest absolute Gasteiger partial charge is 0.195 e. The molecule has 4 rings (SSSR count). The van der Waals surface area contributed by atoms with E-state index >= 15 is 0 Å². The first kappa shape index (κ1) is 22.4. The number of hydrogen-bond donors (Lipinski definition) is 0. The number of thioether (sulfide) groups is 1. The Bertz CT molecular complexity index is 883. The van der Waals surface area contributed by atoms with Crippen LogP contribution >= 0.6 is 11.8 Å². The molecule has 2 aliphatic heterocycles. The molecule has 2 saturated heterocycles. The number of piperidine rings is 1. The second-order valence-corrected chi connectivity index (χ2v) is 9.50. The molecule has 3 heterocycles. The highest BCUT2D eigenvalue weighted by Gasteiger charge is 2.28. The van der Waals surface area contributed by atoms with Crippen molar-refractivity contribution in [2.24, 2.45) is 0 Å². The first-order chi connectivity index (χ1) is 15.2. The van der Waals surface area contributed by atoms with E-state index < -0.39 is 0 Å². The number of hydrogen-bond acceptors (Lipinski definition) is 6.